The van der Waals surface area contributed by atoms with E-state index in [1.807, 2.05) is 24.3 Å². The first-order valence-electron chi connectivity index (χ1n) is 7.67. The Kier molecular flexibility index (Phi) is 3.68. The molecule has 0 saturated heterocycles. The Morgan fingerprint density at radius 2 is 1.80 bits per heavy atom. The van der Waals surface area contributed by atoms with E-state index < -0.39 is 0 Å². The summed E-state index contributed by atoms with van der Waals surface area (Å²) >= 11 is 0. The number of ether oxygens (including phenoxy) is 2. The number of Topliss-reactive ketones (excluding diaryl/α,β-unsaturated/α-hetero) is 1. The molecule has 2 saturated carbocycles. The molecule has 0 heterocycles. The molecule has 3 heteroatoms. The molecule has 3 rings (SSSR count). The second-order valence-electron chi connectivity index (χ2n) is 5.92. The van der Waals surface area contributed by atoms with E-state index in [4.69, 9.17) is 9.47 Å². The van der Waals surface area contributed by atoms with Gasteiger partial charge in [-0.3, -0.25) is 4.79 Å². The molecule has 0 aliphatic heterocycles. The van der Waals surface area contributed by atoms with Crippen molar-refractivity contribution < 1.29 is 14.3 Å². The number of carbonyl (C=O) groups is 1. The lowest BCUT2D eigenvalue weighted by atomic mass is 9.63. The van der Waals surface area contributed by atoms with Gasteiger partial charge in [-0.2, -0.15) is 0 Å². The Morgan fingerprint density at radius 3 is 2.40 bits per heavy atom. The molecule has 108 valence electrons. The molecule has 20 heavy (non-hydrogen) atoms. The summed E-state index contributed by atoms with van der Waals surface area (Å²) in [5.74, 6) is 2.12. The van der Waals surface area contributed by atoms with Crippen LogP contribution in [0.4, 0.5) is 0 Å². The maximum Gasteiger partial charge on any atom is 0.146 e. The molecular formula is C17H22O3. The van der Waals surface area contributed by atoms with Gasteiger partial charge in [0.1, 0.15) is 23.4 Å². The molecule has 0 N–H and O–H groups in total. The molecule has 0 aromatic heterocycles. The number of hydrogen-bond donors (Lipinski definition) is 0. The molecule has 2 aliphatic rings. The molecule has 2 aliphatic carbocycles. The Bertz CT molecular complexity index is 472. The molecular weight excluding hydrogens is 252 g/mol. The van der Waals surface area contributed by atoms with Crippen LogP contribution in [0, 0.1) is 5.41 Å². The van der Waals surface area contributed by atoms with Gasteiger partial charge < -0.3 is 9.47 Å². The third-order valence-electron chi connectivity index (χ3n) is 4.61. The summed E-state index contributed by atoms with van der Waals surface area (Å²) in [5.41, 5.74) is -0.155. The van der Waals surface area contributed by atoms with Crippen molar-refractivity contribution in [3.63, 3.8) is 0 Å². The Morgan fingerprint density at radius 1 is 1.15 bits per heavy atom. The van der Waals surface area contributed by atoms with Gasteiger partial charge in [-0.15, -0.1) is 0 Å². The summed E-state index contributed by atoms with van der Waals surface area (Å²) in [5, 5.41) is 0. The molecule has 0 bridgehead atoms. The van der Waals surface area contributed by atoms with Crippen LogP contribution >= 0.6 is 0 Å². The van der Waals surface area contributed by atoms with Gasteiger partial charge in [0, 0.05) is 6.42 Å². The first-order chi connectivity index (χ1) is 9.74. The third kappa shape index (κ3) is 2.30. The highest BCUT2D eigenvalue weighted by Gasteiger charge is 2.57. The quantitative estimate of drug-likeness (QED) is 0.820. The van der Waals surface area contributed by atoms with Crippen LogP contribution in [0.3, 0.4) is 0 Å². The van der Waals surface area contributed by atoms with E-state index >= 15 is 0 Å². The first kappa shape index (κ1) is 13.5. The van der Waals surface area contributed by atoms with Gasteiger partial charge in [-0.05, 0) is 43.5 Å². The lowest BCUT2D eigenvalue weighted by Crippen LogP contribution is -2.55. The fourth-order valence-electron chi connectivity index (χ4n) is 3.38. The standard InChI is InChI=1S/C17H22O3/c1-2-11-19-13-5-7-14(8-6-13)20-16-12-15(18)17(16)9-3-4-10-17/h5-8,16H,2-4,9-12H2,1H3. The Balaban J connectivity index is 1.62. The highest BCUT2D eigenvalue weighted by Crippen LogP contribution is 2.51. The van der Waals surface area contributed by atoms with Crippen molar-refractivity contribution in [2.45, 2.75) is 51.6 Å². The number of rotatable bonds is 5. The lowest BCUT2D eigenvalue weighted by Gasteiger charge is -2.44. The first-order valence-corrected chi connectivity index (χ1v) is 7.67. The summed E-state index contributed by atoms with van der Waals surface area (Å²) in [6.45, 7) is 2.83. The number of ketones is 1. The van der Waals surface area contributed by atoms with E-state index in [2.05, 4.69) is 6.92 Å². The van der Waals surface area contributed by atoms with Crippen molar-refractivity contribution in [2.75, 3.05) is 6.61 Å². The Labute approximate surface area is 120 Å². The third-order valence-corrected chi connectivity index (χ3v) is 4.61. The van der Waals surface area contributed by atoms with Gasteiger partial charge in [0.2, 0.25) is 0 Å². The van der Waals surface area contributed by atoms with E-state index in [-0.39, 0.29) is 11.5 Å². The molecule has 3 nitrogen and oxygen atoms in total. The van der Waals surface area contributed by atoms with Crippen LogP contribution in [-0.2, 0) is 4.79 Å². The van der Waals surface area contributed by atoms with Crippen molar-refractivity contribution in [3.8, 4) is 11.5 Å². The van der Waals surface area contributed by atoms with Gasteiger partial charge in [0.15, 0.2) is 0 Å². The topological polar surface area (TPSA) is 35.5 Å². The zero-order chi connectivity index (χ0) is 14.0. The second kappa shape index (κ2) is 5.47. The van der Waals surface area contributed by atoms with Gasteiger partial charge >= 0.3 is 0 Å². The van der Waals surface area contributed by atoms with E-state index in [0.717, 1.165) is 50.2 Å². The van der Waals surface area contributed by atoms with Crippen LogP contribution < -0.4 is 9.47 Å². The molecule has 1 atom stereocenters. The predicted molar refractivity (Wildman–Crippen MR) is 77.2 cm³/mol. The zero-order valence-corrected chi connectivity index (χ0v) is 12.1. The van der Waals surface area contributed by atoms with E-state index in [0.29, 0.717) is 12.2 Å². The summed E-state index contributed by atoms with van der Waals surface area (Å²) in [7, 11) is 0. The van der Waals surface area contributed by atoms with Crippen LogP contribution in [-0.4, -0.2) is 18.5 Å². The molecule has 1 aromatic carbocycles. The van der Waals surface area contributed by atoms with Gasteiger partial charge in [0.25, 0.3) is 0 Å². The minimum atomic E-state index is -0.155. The number of benzene rings is 1. The fraction of sp³-hybridized carbons (Fsp3) is 0.588. The molecule has 0 amide bonds. The highest BCUT2D eigenvalue weighted by atomic mass is 16.5. The van der Waals surface area contributed by atoms with Crippen molar-refractivity contribution in [1.29, 1.82) is 0 Å². The maximum absolute atomic E-state index is 11.9. The highest BCUT2D eigenvalue weighted by molar-refractivity contribution is 5.92. The predicted octanol–water partition coefficient (Wildman–Crippen LogP) is 3.76. The molecule has 2 fully saturated rings. The zero-order valence-electron chi connectivity index (χ0n) is 12.1. The minimum absolute atomic E-state index is 0.0833. The van der Waals surface area contributed by atoms with Crippen molar-refractivity contribution in [3.05, 3.63) is 24.3 Å². The number of hydrogen-bond acceptors (Lipinski definition) is 3. The summed E-state index contributed by atoms with van der Waals surface area (Å²) < 4.78 is 11.6. The lowest BCUT2D eigenvalue weighted by molar-refractivity contribution is -0.151. The Hall–Kier alpha value is -1.51. The molecule has 1 spiro atoms. The average molecular weight is 274 g/mol. The smallest absolute Gasteiger partial charge is 0.146 e. The normalized spacial score (nSPS) is 23.6. The molecule has 0 radical (unpaired) electrons. The average Bonchev–Trinajstić information content (AvgIpc) is 2.99. The van der Waals surface area contributed by atoms with Crippen molar-refractivity contribution in [1.82, 2.24) is 0 Å². The van der Waals surface area contributed by atoms with Gasteiger partial charge in [0.05, 0.1) is 12.0 Å². The monoisotopic (exact) mass is 274 g/mol. The summed E-state index contributed by atoms with van der Waals surface area (Å²) in [6.07, 6.45) is 6.01. The molecule has 1 aromatic rings. The van der Waals surface area contributed by atoms with Crippen molar-refractivity contribution in [2.24, 2.45) is 5.41 Å². The van der Waals surface area contributed by atoms with Crippen LogP contribution in [0.5, 0.6) is 11.5 Å². The van der Waals surface area contributed by atoms with Crippen LogP contribution in [0.2, 0.25) is 0 Å². The van der Waals surface area contributed by atoms with Gasteiger partial charge in [-0.25, -0.2) is 0 Å². The van der Waals surface area contributed by atoms with Gasteiger partial charge in [-0.1, -0.05) is 19.8 Å². The SMILES string of the molecule is CCCOc1ccc(OC2CC(=O)C23CCCC3)cc1. The minimum Gasteiger partial charge on any atom is -0.494 e. The molecule has 1 unspecified atom stereocenters. The second-order valence-corrected chi connectivity index (χ2v) is 5.92. The summed E-state index contributed by atoms with van der Waals surface area (Å²) in [4.78, 5) is 11.9. The van der Waals surface area contributed by atoms with E-state index in [1.54, 1.807) is 0 Å². The maximum atomic E-state index is 11.9. The largest absolute Gasteiger partial charge is 0.494 e. The fourth-order valence-corrected chi connectivity index (χ4v) is 3.38. The van der Waals surface area contributed by atoms with E-state index in [9.17, 15) is 4.79 Å². The van der Waals surface area contributed by atoms with E-state index in [1.165, 1.54) is 0 Å². The number of carbonyl (C=O) groups excluding carboxylic acids is 1. The van der Waals surface area contributed by atoms with Crippen LogP contribution in [0.1, 0.15) is 45.4 Å². The van der Waals surface area contributed by atoms with Crippen molar-refractivity contribution >= 4 is 5.78 Å². The summed E-state index contributed by atoms with van der Waals surface area (Å²) in [6, 6.07) is 7.76. The van der Waals surface area contributed by atoms with Crippen LogP contribution in [0.25, 0.3) is 0 Å². The van der Waals surface area contributed by atoms with Crippen LogP contribution in [0.15, 0.2) is 24.3 Å².